The van der Waals surface area contributed by atoms with Crippen LogP contribution in [-0.2, 0) is 10.2 Å². The zero-order chi connectivity index (χ0) is 13.8. The van der Waals surface area contributed by atoms with E-state index in [1.54, 1.807) is 11.8 Å². The van der Waals surface area contributed by atoms with Crippen molar-refractivity contribution in [3.05, 3.63) is 29.8 Å². The highest BCUT2D eigenvalue weighted by atomic mass is 32.2. The second-order valence-electron chi connectivity index (χ2n) is 5.52. The molecule has 0 aliphatic carbocycles. The molecule has 18 heavy (non-hydrogen) atoms. The van der Waals surface area contributed by atoms with Crippen molar-refractivity contribution in [2.45, 2.75) is 56.1 Å². The molecule has 1 unspecified atom stereocenters. The second kappa shape index (κ2) is 6.28. The molecule has 2 nitrogen and oxygen atoms in total. The van der Waals surface area contributed by atoms with Crippen molar-refractivity contribution in [3.8, 4) is 0 Å². The van der Waals surface area contributed by atoms with Gasteiger partial charge in [-0.25, -0.2) is 0 Å². The van der Waals surface area contributed by atoms with Crippen molar-refractivity contribution in [3.63, 3.8) is 0 Å². The number of hydrogen-bond acceptors (Lipinski definition) is 2. The first-order valence-corrected chi connectivity index (χ1v) is 7.20. The molecular formula is C15H22O2S. The maximum absolute atomic E-state index is 10.7. The standard InChI is InChI=1S/C15H22O2S/c1-5-12(10-14(16)17)18-13-8-6-11(7-9-13)15(2,3)4/h6-9,12H,5,10H2,1-4H3,(H,16,17). The Balaban J connectivity index is 2.71. The Morgan fingerprint density at radius 2 is 1.83 bits per heavy atom. The number of carboxylic acids is 1. The number of carboxylic acid groups (broad SMARTS) is 1. The fourth-order valence-electron chi connectivity index (χ4n) is 1.69. The van der Waals surface area contributed by atoms with Gasteiger partial charge in [-0.1, -0.05) is 39.8 Å². The van der Waals surface area contributed by atoms with Crippen molar-refractivity contribution in [2.24, 2.45) is 0 Å². The van der Waals surface area contributed by atoms with E-state index < -0.39 is 5.97 Å². The van der Waals surface area contributed by atoms with Gasteiger partial charge in [0, 0.05) is 10.1 Å². The van der Waals surface area contributed by atoms with E-state index in [1.165, 1.54) is 5.56 Å². The van der Waals surface area contributed by atoms with Gasteiger partial charge in [-0.05, 0) is 29.5 Å². The SMILES string of the molecule is CCC(CC(=O)O)Sc1ccc(C(C)(C)C)cc1. The molecule has 100 valence electrons. The van der Waals surface area contributed by atoms with Crippen LogP contribution in [0.4, 0.5) is 0 Å². The van der Waals surface area contributed by atoms with Gasteiger partial charge in [0.2, 0.25) is 0 Å². The van der Waals surface area contributed by atoms with Crippen LogP contribution in [0.1, 0.15) is 46.1 Å². The highest BCUT2D eigenvalue weighted by molar-refractivity contribution is 8.00. The summed E-state index contributed by atoms with van der Waals surface area (Å²) in [7, 11) is 0. The summed E-state index contributed by atoms with van der Waals surface area (Å²) in [5, 5.41) is 8.99. The van der Waals surface area contributed by atoms with E-state index in [0.717, 1.165) is 11.3 Å². The van der Waals surface area contributed by atoms with Crippen LogP contribution in [0.15, 0.2) is 29.2 Å². The Kier molecular flexibility index (Phi) is 5.27. The van der Waals surface area contributed by atoms with Crippen molar-refractivity contribution < 1.29 is 9.90 Å². The molecule has 0 aliphatic heterocycles. The lowest BCUT2D eigenvalue weighted by Gasteiger charge is -2.19. The van der Waals surface area contributed by atoms with E-state index in [2.05, 4.69) is 45.0 Å². The molecule has 0 saturated carbocycles. The first-order valence-electron chi connectivity index (χ1n) is 6.32. The molecule has 1 atom stereocenters. The van der Waals surface area contributed by atoms with Gasteiger partial charge in [0.15, 0.2) is 0 Å². The van der Waals surface area contributed by atoms with Crippen LogP contribution in [-0.4, -0.2) is 16.3 Å². The monoisotopic (exact) mass is 266 g/mol. The highest BCUT2D eigenvalue weighted by Crippen LogP contribution is 2.30. The highest BCUT2D eigenvalue weighted by Gasteiger charge is 2.15. The van der Waals surface area contributed by atoms with Gasteiger partial charge in [-0.2, -0.15) is 0 Å². The first-order chi connectivity index (χ1) is 8.32. The van der Waals surface area contributed by atoms with Gasteiger partial charge in [0.25, 0.3) is 0 Å². The molecule has 0 fully saturated rings. The molecule has 1 aromatic carbocycles. The average molecular weight is 266 g/mol. The summed E-state index contributed by atoms with van der Waals surface area (Å²) in [5.41, 5.74) is 1.46. The van der Waals surface area contributed by atoms with E-state index in [9.17, 15) is 4.79 Å². The predicted octanol–water partition coefficient (Wildman–Crippen LogP) is 4.33. The normalized spacial score (nSPS) is 13.3. The molecule has 0 aromatic heterocycles. The maximum Gasteiger partial charge on any atom is 0.304 e. The van der Waals surface area contributed by atoms with Gasteiger partial charge in [0.1, 0.15) is 0 Å². The zero-order valence-corrected chi connectivity index (χ0v) is 12.4. The van der Waals surface area contributed by atoms with Crippen LogP contribution in [0.25, 0.3) is 0 Å². The number of hydrogen-bond donors (Lipinski definition) is 1. The molecule has 1 aromatic rings. The lowest BCUT2D eigenvalue weighted by Crippen LogP contribution is -2.11. The molecule has 0 heterocycles. The van der Waals surface area contributed by atoms with E-state index in [1.807, 2.05) is 6.92 Å². The Labute approximate surface area is 114 Å². The molecule has 3 heteroatoms. The molecule has 0 radical (unpaired) electrons. The molecule has 0 spiro atoms. The van der Waals surface area contributed by atoms with Gasteiger partial charge in [-0.15, -0.1) is 11.8 Å². The number of aliphatic carboxylic acids is 1. The van der Waals surface area contributed by atoms with E-state index in [0.29, 0.717) is 0 Å². The molecule has 0 saturated heterocycles. The van der Waals surface area contributed by atoms with Crippen LogP contribution in [0.5, 0.6) is 0 Å². The van der Waals surface area contributed by atoms with Crippen LogP contribution in [0.3, 0.4) is 0 Å². The molecule has 1 rings (SSSR count). The van der Waals surface area contributed by atoms with E-state index >= 15 is 0 Å². The fraction of sp³-hybridized carbons (Fsp3) is 0.533. The van der Waals surface area contributed by atoms with Crippen molar-refractivity contribution in [1.29, 1.82) is 0 Å². The number of benzene rings is 1. The topological polar surface area (TPSA) is 37.3 Å². The Morgan fingerprint density at radius 3 is 2.22 bits per heavy atom. The summed E-state index contributed by atoms with van der Waals surface area (Å²) in [5.74, 6) is -0.722. The van der Waals surface area contributed by atoms with Gasteiger partial charge in [-0.3, -0.25) is 4.79 Å². The van der Waals surface area contributed by atoms with Crippen LogP contribution in [0.2, 0.25) is 0 Å². The largest absolute Gasteiger partial charge is 0.481 e. The lowest BCUT2D eigenvalue weighted by molar-refractivity contribution is -0.136. The van der Waals surface area contributed by atoms with Crippen molar-refractivity contribution in [2.75, 3.05) is 0 Å². The third-order valence-electron chi connectivity index (χ3n) is 2.88. The quantitative estimate of drug-likeness (QED) is 0.806. The third-order valence-corrected chi connectivity index (χ3v) is 4.26. The van der Waals surface area contributed by atoms with Crippen LogP contribution in [0, 0.1) is 0 Å². The maximum atomic E-state index is 10.7. The van der Waals surface area contributed by atoms with Crippen molar-refractivity contribution in [1.82, 2.24) is 0 Å². The van der Waals surface area contributed by atoms with Gasteiger partial charge < -0.3 is 5.11 Å². The first kappa shape index (κ1) is 15.1. The molecular weight excluding hydrogens is 244 g/mol. The van der Waals surface area contributed by atoms with Crippen molar-refractivity contribution >= 4 is 17.7 Å². The number of thioether (sulfide) groups is 1. The molecule has 1 N–H and O–H groups in total. The summed E-state index contributed by atoms with van der Waals surface area (Å²) in [4.78, 5) is 11.9. The Morgan fingerprint density at radius 1 is 1.28 bits per heavy atom. The summed E-state index contributed by atoms with van der Waals surface area (Å²) in [6, 6.07) is 8.46. The summed E-state index contributed by atoms with van der Waals surface area (Å²) in [6.45, 7) is 8.60. The van der Waals surface area contributed by atoms with Crippen LogP contribution >= 0.6 is 11.8 Å². The van der Waals surface area contributed by atoms with Crippen LogP contribution < -0.4 is 0 Å². The van der Waals surface area contributed by atoms with Gasteiger partial charge in [0.05, 0.1) is 6.42 Å². The van der Waals surface area contributed by atoms with Gasteiger partial charge >= 0.3 is 5.97 Å². The minimum Gasteiger partial charge on any atom is -0.481 e. The minimum absolute atomic E-state index is 0.156. The summed E-state index contributed by atoms with van der Waals surface area (Å²) < 4.78 is 0. The fourth-order valence-corrected chi connectivity index (χ4v) is 2.76. The zero-order valence-electron chi connectivity index (χ0n) is 11.6. The lowest BCUT2D eigenvalue weighted by atomic mass is 9.87. The van der Waals surface area contributed by atoms with E-state index in [-0.39, 0.29) is 17.1 Å². The molecule has 0 bridgehead atoms. The summed E-state index contributed by atoms with van der Waals surface area (Å²) in [6.07, 6.45) is 1.10. The molecule has 0 aliphatic rings. The molecule has 0 amide bonds. The third kappa shape index (κ3) is 4.73. The Hall–Kier alpha value is -0.960. The second-order valence-corrected chi connectivity index (χ2v) is 6.89. The number of carbonyl (C=O) groups is 1. The smallest absolute Gasteiger partial charge is 0.304 e. The minimum atomic E-state index is -0.722. The predicted molar refractivity (Wildman–Crippen MR) is 77.3 cm³/mol. The summed E-state index contributed by atoms with van der Waals surface area (Å²) >= 11 is 1.66. The Bertz CT molecular complexity index is 390. The average Bonchev–Trinajstić information content (AvgIpc) is 2.27. The van der Waals surface area contributed by atoms with E-state index in [4.69, 9.17) is 5.11 Å². The number of rotatable bonds is 5.